The third-order valence-corrected chi connectivity index (χ3v) is 5.20. The third kappa shape index (κ3) is 4.57. The number of hydrogen-bond donors (Lipinski definition) is 1. The predicted octanol–water partition coefficient (Wildman–Crippen LogP) is 3.42. The highest BCUT2D eigenvalue weighted by molar-refractivity contribution is 7.14. The van der Waals surface area contributed by atoms with Crippen LogP contribution in [0.15, 0.2) is 23.6 Å². The van der Waals surface area contributed by atoms with Crippen LogP contribution in [0.1, 0.15) is 28.5 Å². The maximum atomic E-state index is 12.7. The monoisotopic (exact) mass is 388 g/mol. The zero-order valence-electron chi connectivity index (χ0n) is 15.8. The minimum absolute atomic E-state index is 0.108. The Morgan fingerprint density at radius 2 is 1.89 bits per heavy atom. The fourth-order valence-electron chi connectivity index (χ4n) is 2.97. The maximum absolute atomic E-state index is 12.7. The molecule has 0 bridgehead atoms. The fourth-order valence-corrected chi connectivity index (χ4v) is 3.66. The van der Waals surface area contributed by atoms with Gasteiger partial charge in [0, 0.05) is 37.2 Å². The van der Waals surface area contributed by atoms with Crippen LogP contribution in [-0.4, -0.2) is 59.6 Å². The lowest BCUT2D eigenvalue weighted by Crippen LogP contribution is -2.50. The lowest BCUT2D eigenvalue weighted by Gasteiger charge is -2.33. The van der Waals surface area contributed by atoms with Gasteiger partial charge in [0.2, 0.25) is 0 Å². The minimum atomic E-state index is -0.321. The molecular formula is C19H24N4O3S. The summed E-state index contributed by atoms with van der Waals surface area (Å²) in [5.74, 6) is -0.108. The van der Waals surface area contributed by atoms with E-state index >= 15 is 0 Å². The number of carbonyl (C=O) groups is 2. The summed E-state index contributed by atoms with van der Waals surface area (Å²) in [7, 11) is 0. The Morgan fingerprint density at radius 1 is 1.19 bits per heavy atom. The number of nitrogens with zero attached hydrogens (tertiary/aromatic N) is 3. The van der Waals surface area contributed by atoms with E-state index in [-0.39, 0.29) is 12.0 Å². The molecule has 1 aromatic heterocycles. The number of thiazole rings is 1. The van der Waals surface area contributed by atoms with Gasteiger partial charge in [0.1, 0.15) is 5.69 Å². The van der Waals surface area contributed by atoms with Gasteiger partial charge in [-0.2, -0.15) is 0 Å². The standard InChI is InChI=1S/C19H24N4O3S/c1-4-26-19(25)23-9-7-22(8-10-23)17(24)16-12-27-18(21-16)20-15-6-5-13(2)11-14(15)3/h5-6,11-12H,4,7-10H2,1-3H3,(H,20,21). The van der Waals surface area contributed by atoms with Crippen molar-refractivity contribution in [3.63, 3.8) is 0 Å². The fraction of sp³-hybridized carbons (Fsp3) is 0.421. The Kier molecular flexibility index (Phi) is 5.95. The molecule has 0 saturated carbocycles. The number of benzene rings is 1. The molecule has 0 radical (unpaired) electrons. The van der Waals surface area contributed by atoms with Crippen molar-refractivity contribution in [3.05, 3.63) is 40.4 Å². The molecule has 8 heteroatoms. The molecule has 7 nitrogen and oxygen atoms in total. The predicted molar refractivity (Wildman–Crippen MR) is 106 cm³/mol. The van der Waals surface area contributed by atoms with Gasteiger partial charge in [-0.3, -0.25) is 4.79 Å². The zero-order chi connectivity index (χ0) is 19.4. The highest BCUT2D eigenvalue weighted by Crippen LogP contribution is 2.25. The Hall–Kier alpha value is -2.61. The molecule has 1 aliphatic heterocycles. The number of ether oxygens (including phenoxy) is 1. The van der Waals surface area contributed by atoms with Gasteiger partial charge in [-0.05, 0) is 32.4 Å². The molecule has 2 amide bonds. The van der Waals surface area contributed by atoms with Gasteiger partial charge in [-0.25, -0.2) is 9.78 Å². The van der Waals surface area contributed by atoms with Crippen molar-refractivity contribution in [2.24, 2.45) is 0 Å². The van der Waals surface area contributed by atoms with Crippen molar-refractivity contribution in [1.29, 1.82) is 0 Å². The summed E-state index contributed by atoms with van der Waals surface area (Å²) in [5.41, 5.74) is 3.75. The van der Waals surface area contributed by atoms with Crippen LogP contribution >= 0.6 is 11.3 Å². The van der Waals surface area contributed by atoms with Gasteiger partial charge in [0.25, 0.3) is 5.91 Å². The van der Waals surface area contributed by atoms with Gasteiger partial charge >= 0.3 is 6.09 Å². The van der Waals surface area contributed by atoms with Crippen LogP contribution in [0.2, 0.25) is 0 Å². The Balaban J connectivity index is 1.60. The Labute approximate surface area is 162 Å². The lowest BCUT2D eigenvalue weighted by atomic mass is 10.1. The Bertz CT molecular complexity index is 828. The van der Waals surface area contributed by atoms with E-state index in [1.54, 1.807) is 22.1 Å². The first-order chi connectivity index (χ1) is 13.0. The van der Waals surface area contributed by atoms with Crippen LogP contribution in [0.3, 0.4) is 0 Å². The van der Waals surface area contributed by atoms with E-state index in [4.69, 9.17) is 4.74 Å². The van der Waals surface area contributed by atoms with Crippen molar-refractivity contribution in [2.75, 3.05) is 38.1 Å². The summed E-state index contributed by atoms with van der Waals surface area (Å²) in [6.07, 6.45) is -0.321. The molecule has 2 heterocycles. The molecule has 2 aromatic rings. The number of anilines is 2. The van der Waals surface area contributed by atoms with Crippen molar-refractivity contribution in [3.8, 4) is 0 Å². The van der Waals surface area contributed by atoms with Crippen molar-refractivity contribution in [2.45, 2.75) is 20.8 Å². The number of piperazine rings is 1. The molecule has 1 saturated heterocycles. The second-order valence-corrected chi connectivity index (χ2v) is 7.32. The van der Waals surface area contributed by atoms with E-state index < -0.39 is 0 Å². The third-order valence-electron chi connectivity index (χ3n) is 4.44. The van der Waals surface area contributed by atoms with Crippen LogP contribution < -0.4 is 5.32 Å². The molecule has 3 rings (SSSR count). The zero-order valence-corrected chi connectivity index (χ0v) is 16.6. The second-order valence-electron chi connectivity index (χ2n) is 6.46. The average molecular weight is 388 g/mol. The first-order valence-electron chi connectivity index (χ1n) is 8.98. The molecular weight excluding hydrogens is 364 g/mol. The maximum Gasteiger partial charge on any atom is 0.409 e. The van der Waals surface area contributed by atoms with Gasteiger partial charge in [-0.1, -0.05) is 17.7 Å². The van der Waals surface area contributed by atoms with Crippen LogP contribution in [0, 0.1) is 13.8 Å². The van der Waals surface area contributed by atoms with Crippen LogP contribution in [0.5, 0.6) is 0 Å². The number of aryl methyl sites for hydroxylation is 2. The second kappa shape index (κ2) is 8.39. The van der Waals surface area contributed by atoms with Crippen LogP contribution in [0.25, 0.3) is 0 Å². The first-order valence-corrected chi connectivity index (χ1v) is 9.86. The summed E-state index contributed by atoms with van der Waals surface area (Å²) < 4.78 is 5.00. The van der Waals surface area contributed by atoms with Gasteiger partial charge in [0.15, 0.2) is 5.13 Å². The normalized spacial score (nSPS) is 14.2. The number of amides is 2. The summed E-state index contributed by atoms with van der Waals surface area (Å²) in [4.78, 5) is 32.2. The van der Waals surface area contributed by atoms with Crippen LogP contribution in [-0.2, 0) is 4.74 Å². The number of aromatic nitrogens is 1. The molecule has 27 heavy (non-hydrogen) atoms. The summed E-state index contributed by atoms with van der Waals surface area (Å²) >= 11 is 1.41. The largest absolute Gasteiger partial charge is 0.450 e. The van der Waals surface area contributed by atoms with E-state index in [2.05, 4.69) is 23.3 Å². The minimum Gasteiger partial charge on any atom is -0.450 e. The summed E-state index contributed by atoms with van der Waals surface area (Å²) in [6, 6.07) is 6.16. The van der Waals surface area contributed by atoms with Gasteiger partial charge in [0.05, 0.1) is 6.61 Å². The Morgan fingerprint density at radius 3 is 2.56 bits per heavy atom. The topological polar surface area (TPSA) is 74.8 Å². The molecule has 144 valence electrons. The first kappa shape index (κ1) is 19.2. The molecule has 0 aliphatic carbocycles. The van der Waals surface area contributed by atoms with E-state index in [0.29, 0.717) is 43.6 Å². The van der Waals surface area contributed by atoms with Crippen LogP contribution in [0.4, 0.5) is 15.6 Å². The van der Waals surface area contributed by atoms with E-state index in [1.165, 1.54) is 16.9 Å². The molecule has 1 fully saturated rings. The highest BCUT2D eigenvalue weighted by Gasteiger charge is 2.26. The van der Waals surface area contributed by atoms with E-state index in [1.807, 2.05) is 19.1 Å². The molecule has 0 atom stereocenters. The highest BCUT2D eigenvalue weighted by atomic mass is 32.1. The van der Waals surface area contributed by atoms with Crippen molar-refractivity contribution in [1.82, 2.24) is 14.8 Å². The molecule has 1 N–H and O–H groups in total. The van der Waals surface area contributed by atoms with Gasteiger partial charge in [-0.15, -0.1) is 11.3 Å². The van der Waals surface area contributed by atoms with E-state index in [0.717, 1.165) is 11.3 Å². The summed E-state index contributed by atoms with van der Waals surface area (Å²) in [6.45, 7) is 8.14. The van der Waals surface area contributed by atoms with Crippen molar-refractivity contribution >= 4 is 34.2 Å². The van der Waals surface area contributed by atoms with Crippen molar-refractivity contribution < 1.29 is 14.3 Å². The number of rotatable bonds is 4. The molecule has 1 aromatic carbocycles. The van der Waals surface area contributed by atoms with Gasteiger partial charge < -0.3 is 19.9 Å². The van der Waals surface area contributed by atoms with E-state index in [9.17, 15) is 9.59 Å². The SMILES string of the molecule is CCOC(=O)N1CCN(C(=O)c2csc(Nc3ccc(C)cc3C)n2)CC1. The molecule has 0 spiro atoms. The quantitative estimate of drug-likeness (QED) is 0.869. The number of nitrogens with one attached hydrogen (secondary N) is 1. The molecule has 1 aliphatic rings. The lowest BCUT2D eigenvalue weighted by molar-refractivity contribution is 0.0566. The number of carbonyl (C=O) groups excluding carboxylic acids is 2. The summed E-state index contributed by atoms with van der Waals surface area (Å²) in [5, 5.41) is 5.74. The molecule has 0 unspecified atom stereocenters. The smallest absolute Gasteiger partial charge is 0.409 e. The average Bonchev–Trinajstić information content (AvgIpc) is 3.12. The number of hydrogen-bond acceptors (Lipinski definition) is 6.